The Morgan fingerprint density at radius 3 is 2.76 bits per heavy atom. The summed E-state index contributed by atoms with van der Waals surface area (Å²) in [6.45, 7) is 5.68. The van der Waals surface area contributed by atoms with Crippen molar-refractivity contribution in [3.63, 3.8) is 0 Å². The first kappa shape index (κ1) is 16.0. The first-order valence-corrected chi connectivity index (χ1v) is 8.38. The second-order valence-electron chi connectivity index (χ2n) is 6.12. The van der Waals surface area contributed by atoms with Gasteiger partial charge in [-0.15, -0.1) is 11.3 Å². The molecule has 0 bridgehead atoms. The number of fused-ring (bicyclic) bond motifs is 1. The van der Waals surface area contributed by atoms with E-state index in [0.717, 1.165) is 31.2 Å². The normalized spacial score (nSPS) is 14.4. The summed E-state index contributed by atoms with van der Waals surface area (Å²) in [6, 6.07) is 0. The van der Waals surface area contributed by atoms with Crippen molar-refractivity contribution < 1.29 is 14.3 Å². The summed E-state index contributed by atoms with van der Waals surface area (Å²) in [5.41, 5.74) is 1.51. The van der Waals surface area contributed by atoms with Crippen LogP contribution in [0.5, 0.6) is 0 Å². The molecular formula is C16H23NO3S. The first-order chi connectivity index (χ1) is 9.93. The van der Waals surface area contributed by atoms with E-state index in [0.29, 0.717) is 5.56 Å². The van der Waals surface area contributed by atoms with Crippen LogP contribution in [0.25, 0.3) is 0 Å². The molecule has 1 aromatic heterocycles. The van der Waals surface area contributed by atoms with E-state index < -0.39 is 0 Å². The molecule has 0 atom stereocenters. The van der Waals surface area contributed by atoms with Gasteiger partial charge in [0, 0.05) is 15.8 Å². The zero-order valence-corrected chi connectivity index (χ0v) is 13.8. The summed E-state index contributed by atoms with van der Waals surface area (Å²) in [4.78, 5) is 25.2. The van der Waals surface area contributed by atoms with Crippen molar-refractivity contribution in [1.82, 2.24) is 5.32 Å². The van der Waals surface area contributed by atoms with Gasteiger partial charge in [-0.05, 0) is 51.5 Å². The fourth-order valence-corrected chi connectivity index (χ4v) is 3.49. The third-order valence-electron chi connectivity index (χ3n) is 3.98. The Labute approximate surface area is 129 Å². The number of hydrogen-bond donors (Lipinski definition) is 1. The summed E-state index contributed by atoms with van der Waals surface area (Å²) in [7, 11) is 0. The van der Waals surface area contributed by atoms with E-state index in [2.05, 4.69) is 5.32 Å². The Balaban J connectivity index is 1.90. The molecule has 0 saturated heterocycles. The van der Waals surface area contributed by atoms with E-state index in [1.54, 1.807) is 11.3 Å². The van der Waals surface area contributed by atoms with Crippen LogP contribution in [-0.4, -0.2) is 24.0 Å². The van der Waals surface area contributed by atoms with Gasteiger partial charge >= 0.3 is 5.97 Å². The second kappa shape index (κ2) is 6.60. The zero-order chi connectivity index (χ0) is 15.5. The number of hydrogen-bond acceptors (Lipinski definition) is 4. The van der Waals surface area contributed by atoms with Gasteiger partial charge in [0.15, 0.2) is 6.61 Å². The monoisotopic (exact) mass is 309 g/mol. The van der Waals surface area contributed by atoms with Crippen molar-refractivity contribution >= 4 is 23.2 Å². The number of carbonyl (C=O) groups is 2. The molecule has 5 heteroatoms. The van der Waals surface area contributed by atoms with E-state index in [4.69, 9.17) is 4.74 Å². The lowest BCUT2D eigenvalue weighted by atomic mass is 9.96. The third-order valence-corrected chi connectivity index (χ3v) is 5.07. The minimum Gasteiger partial charge on any atom is -0.452 e. The number of esters is 1. The van der Waals surface area contributed by atoms with Gasteiger partial charge in [0.2, 0.25) is 0 Å². The summed E-state index contributed by atoms with van der Waals surface area (Å²) < 4.78 is 5.16. The van der Waals surface area contributed by atoms with Gasteiger partial charge in [-0.1, -0.05) is 6.92 Å². The summed E-state index contributed by atoms with van der Waals surface area (Å²) >= 11 is 1.63. The van der Waals surface area contributed by atoms with Crippen molar-refractivity contribution in [3.05, 3.63) is 21.4 Å². The Morgan fingerprint density at radius 2 is 2.05 bits per heavy atom. The molecule has 0 aromatic carbocycles. The molecule has 4 nitrogen and oxygen atoms in total. The zero-order valence-electron chi connectivity index (χ0n) is 13.0. The van der Waals surface area contributed by atoms with Gasteiger partial charge in [-0.3, -0.25) is 4.79 Å². The van der Waals surface area contributed by atoms with Crippen LogP contribution in [-0.2, 0) is 22.4 Å². The molecule has 21 heavy (non-hydrogen) atoms. The maximum Gasteiger partial charge on any atom is 0.339 e. The molecule has 0 radical (unpaired) electrons. The van der Waals surface area contributed by atoms with Crippen LogP contribution in [0.1, 0.15) is 60.8 Å². The predicted octanol–water partition coefficient (Wildman–Crippen LogP) is 3.09. The molecule has 0 aliphatic heterocycles. The highest BCUT2D eigenvalue weighted by Crippen LogP contribution is 2.30. The molecule has 0 unspecified atom stereocenters. The molecule has 116 valence electrons. The number of nitrogens with one attached hydrogen (secondary N) is 1. The number of amides is 1. The number of carbonyl (C=O) groups excluding carboxylic acids is 2. The number of rotatable bonds is 5. The van der Waals surface area contributed by atoms with Gasteiger partial charge < -0.3 is 10.1 Å². The number of thiophene rings is 1. The van der Waals surface area contributed by atoms with Crippen molar-refractivity contribution in [1.29, 1.82) is 0 Å². The van der Waals surface area contributed by atoms with E-state index in [-0.39, 0.29) is 24.0 Å². The highest BCUT2D eigenvalue weighted by molar-refractivity contribution is 7.10. The Kier molecular flexibility index (Phi) is 5.04. The van der Waals surface area contributed by atoms with E-state index in [1.165, 1.54) is 11.3 Å². The van der Waals surface area contributed by atoms with Crippen LogP contribution < -0.4 is 5.32 Å². The maximum absolute atomic E-state index is 12.1. The first-order valence-electron chi connectivity index (χ1n) is 7.50. The van der Waals surface area contributed by atoms with Crippen LogP contribution in [0, 0.1) is 0 Å². The van der Waals surface area contributed by atoms with Gasteiger partial charge in [0.05, 0.1) is 5.56 Å². The summed E-state index contributed by atoms with van der Waals surface area (Å²) in [5, 5.41) is 4.72. The minimum atomic E-state index is -0.376. The van der Waals surface area contributed by atoms with Crippen LogP contribution in [0.15, 0.2) is 5.38 Å². The Morgan fingerprint density at radius 1 is 1.33 bits per heavy atom. The highest BCUT2D eigenvalue weighted by Gasteiger charge is 2.23. The standard InChI is InChI=1S/C16H23NO3S/c1-4-16(2,3)17-14(18)9-20-15(19)12-10-21-13-8-6-5-7-11(12)13/h10H,4-9H2,1-3H3,(H,17,18). The van der Waals surface area contributed by atoms with Crippen LogP contribution in [0.3, 0.4) is 0 Å². The fourth-order valence-electron chi connectivity index (χ4n) is 2.38. The second-order valence-corrected chi connectivity index (χ2v) is 7.08. The maximum atomic E-state index is 12.1. The van der Waals surface area contributed by atoms with Crippen molar-refractivity contribution in [3.8, 4) is 0 Å². The summed E-state index contributed by atoms with van der Waals surface area (Å²) in [5.74, 6) is -0.627. The molecule has 1 amide bonds. The minimum absolute atomic E-state index is 0.215. The van der Waals surface area contributed by atoms with Crippen LogP contribution in [0.2, 0.25) is 0 Å². The molecule has 0 spiro atoms. The van der Waals surface area contributed by atoms with Gasteiger partial charge in [-0.25, -0.2) is 4.79 Å². The third kappa shape index (κ3) is 4.06. The van der Waals surface area contributed by atoms with Gasteiger partial charge in [-0.2, -0.15) is 0 Å². The van der Waals surface area contributed by atoms with Crippen LogP contribution >= 0.6 is 11.3 Å². The quantitative estimate of drug-likeness (QED) is 0.850. The van der Waals surface area contributed by atoms with Crippen molar-refractivity contribution in [2.75, 3.05) is 6.61 Å². The molecule has 1 N–H and O–H groups in total. The number of aryl methyl sites for hydroxylation is 1. The lowest BCUT2D eigenvalue weighted by molar-refractivity contribution is -0.125. The molecule has 0 fully saturated rings. The smallest absolute Gasteiger partial charge is 0.339 e. The molecular weight excluding hydrogens is 286 g/mol. The lowest BCUT2D eigenvalue weighted by Gasteiger charge is -2.24. The van der Waals surface area contributed by atoms with Crippen molar-refractivity contribution in [2.24, 2.45) is 0 Å². The molecule has 2 rings (SSSR count). The van der Waals surface area contributed by atoms with Crippen LogP contribution in [0.4, 0.5) is 0 Å². The van der Waals surface area contributed by atoms with E-state index >= 15 is 0 Å². The average Bonchev–Trinajstić information content (AvgIpc) is 2.88. The topological polar surface area (TPSA) is 55.4 Å². The molecule has 0 saturated carbocycles. The molecule has 1 aliphatic carbocycles. The van der Waals surface area contributed by atoms with E-state index in [9.17, 15) is 9.59 Å². The predicted molar refractivity (Wildman–Crippen MR) is 83.8 cm³/mol. The van der Waals surface area contributed by atoms with Gasteiger partial charge in [0.25, 0.3) is 5.91 Å². The molecule has 1 heterocycles. The van der Waals surface area contributed by atoms with E-state index in [1.807, 2.05) is 26.2 Å². The SMILES string of the molecule is CCC(C)(C)NC(=O)COC(=O)c1csc2c1CCCC2. The molecule has 1 aliphatic rings. The summed E-state index contributed by atoms with van der Waals surface area (Å²) in [6.07, 6.45) is 5.13. The van der Waals surface area contributed by atoms with Crippen molar-refractivity contribution in [2.45, 2.75) is 58.4 Å². The molecule has 1 aromatic rings. The largest absolute Gasteiger partial charge is 0.452 e. The Bertz CT molecular complexity index is 534. The number of ether oxygens (including phenoxy) is 1. The van der Waals surface area contributed by atoms with Gasteiger partial charge in [0.1, 0.15) is 0 Å². The Hall–Kier alpha value is -1.36. The highest BCUT2D eigenvalue weighted by atomic mass is 32.1. The fraction of sp³-hybridized carbons (Fsp3) is 0.625. The lowest BCUT2D eigenvalue weighted by Crippen LogP contribution is -2.44. The average molecular weight is 309 g/mol.